The van der Waals surface area contributed by atoms with Crippen LogP contribution in [0, 0.1) is 0 Å². The van der Waals surface area contributed by atoms with E-state index in [2.05, 4.69) is 20.7 Å². The highest BCUT2D eigenvalue weighted by atomic mass is 79.9. The number of halogens is 1. The molecule has 0 saturated heterocycles. The van der Waals surface area contributed by atoms with Crippen LogP contribution in [-0.2, 0) is 22.9 Å². The molecule has 2 aromatic carbocycles. The summed E-state index contributed by atoms with van der Waals surface area (Å²) in [4.78, 5) is 0.0955. The summed E-state index contributed by atoms with van der Waals surface area (Å²) in [6.45, 7) is 4.00. The van der Waals surface area contributed by atoms with Crippen LogP contribution in [0.25, 0.3) is 0 Å². The van der Waals surface area contributed by atoms with E-state index in [0.717, 1.165) is 24.0 Å². The van der Waals surface area contributed by atoms with Gasteiger partial charge in [0.05, 0.1) is 19.9 Å². The lowest BCUT2D eigenvalue weighted by atomic mass is 10.0. The van der Waals surface area contributed by atoms with Gasteiger partial charge in [-0.3, -0.25) is 4.72 Å². The number of benzene rings is 2. The fraction of sp³-hybridized carbons (Fsp3) is 0.333. The first-order chi connectivity index (χ1) is 11.9. The van der Waals surface area contributed by atoms with Gasteiger partial charge in [-0.05, 0) is 46.0 Å². The van der Waals surface area contributed by atoms with E-state index in [-0.39, 0.29) is 4.90 Å². The Morgan fingerprint density at radius 1 is 1.00 bits per heavy atom. The molecule has 0 aliphatic carbocycles. The van der Waals surface area contributed by atoms with E-state index in [1.165, 1.54) is 20.3 Å². The third kappa shape index (κ3) is 4.10. The molecule has 0 amide bonds. The molecule has 25 heavy (non-hydrogen) atoms. The number of rotatable bonds is 7. The zero-order valence-electron chi connectivity index (χ0n) is 14.7. The molecule has 0 fully saturated rings. The number of methoxy groups -OCH3 is 2. The Balaban J connectivity index is 2.55. The van der Waals surface area contributed by atoms with Crippen molar-refractivity contribution >= 4 is 31.6 Å². The molecule has 136 valence electrons. The first kappa shape index (κ1) is 19.6. The molecule has 0 heterocycles. The van der Waals surface area contributed by atoms with Gasteiger partial charge in [-0.2, -0.15) is 0 Å². The maximum absolute atomic E-state index is 13.0. The van der Waals surface area contributed by atoms with E-state index in [9.17, 15) is 8.42 Å². The molecule has 0 bridgehead atoms. The van der Waals surface area contributed by atoms with Crippen molar-refractivity contribution in [3.05, 3.63) is 45.9 Å². The molecule has 0 atom stereocenters. The van der Waals surface area contributed by atoms with Gasteiger partial charge >= 0.3 is 0 Å². The third-order valence-electron chi connectivity index (χ3n) is 3.96. The Morgan fingerprint density at radius 2 is 1.52 bits per heavy atom. The smallest absolute Gasteiger partial charge is 0.263 e. The molecule has 0 radical (unpaired) electrons. The highest BCUT2D eigenvalue weighted by molar-refractivity contribution is 9.10. The predicted octanol–water partition coefficient (Wildman–Crippen LogP) is 4.39. The monoisotopic (exact) mass is 427 g/mol. The normalized spacial score (nSPS) is 11.2. The van der Waals surface area contributed by atoms with Gasteiger partial charge in [0.2, 0.25) is 0 Å². The summed E-state index contributed by atoms with van der Waals surface area (Å²) in [6, 6.07) is 8.84. The van der Waals surface area contributed by atoms with Crippen LogP contribution in [0.2, 0.25) is 0 Å². The maximum Gasteiger partial charge on any atom is 0.263 e. The van der Waals surface area contributed by atoms with Gasteiger partial charge in [0.1, 0.15) is 4.90 Å². The molecule has 1 N–H and O–H groups in total. The number of aryl methyl sites for hydroxylation is 2. The van der Waals surface area contributed by atoms with Gasteiger partial charge in [0, 0.05) is 10.5 Å². The summed E-state index contributed by atoms with van der Waals surface area (Å²) in [5, 5.41) is 0. The van der Waals surface area contributed by atoms with E-state index in [4.69, 9.17) is 9.47 Å². The van der Waals surface area contributed by atoms with Crippen LogP contribution in [0.4, 0.5) is 5.69 Å². The Bertz CT molecular complexity index is 843. The van der Waals surface area contributed by atoms with E-state index in [1.54, 1.807) is 6.07 Å². The highest BCUT2D eigenvalue weighted by Crippen LogP contribution is 2.36. The number of para-hydroxylation sites is 1. The van der Waals surface area contributed by atoms with Crippen LogP contribution in [0.3, 0.4) is 0 Å². The number of ether oxygens (including phenoxy) is 2. The first-order valence-corrected chi connectivity index (χ1v) is 10.2. The standard InChI is InChI=1S/C18H22BrNO4S/c1-5-12-8-7-9-13(6-2)18(12)20-25(21,22)17-11-16(24-4)15(23-3)10-14(17)19/h7-11,20H,5-6H2,1-4H3. The molecule has 0 saturated carbocycles. The van der Waals surface area contributed by atoms with Crippen LogP contribution in [0.1, 0.15) is 25.0 Å². The van der Waals surface area contributed by atoms with Crippen LogP contribution < -0.4 is 14.2 Å². The van der Waals surface area contributed by atoms with Gasteiger partial charge in [0.25, 0.3) is 10.0 Å². The number of anilines is 1. The third-order valence-corrected chi connectivity index (χ3v) is 6.27. The molecular formula is C18H22BrNO4S. The largest absolute Gasteiger partial charge is 0.493 e. The zero-order valence-corrected chi connectivity index (χ0v) is 17.1. The topological polar surface area (TPSA) is 64.6 Å². The average molecular weight is 428 g/mol. The second-order valence-electron chi connectivity index (χ2n) is 5.40. The average Bonchev–Trinajstić information content (AvgIpc) is 2.60. The predicted molar refractivity (Wildman–Crippen MR) is 103 cm³/mol. The SMILES string of the molecule is CCc1cccc(CC)c1NS(=O)(=O)c1cc(OC)c(OC)cc1Br. The van der Waals surface area contributed by atoms with Gasteiger partial charge in [-0.1, -0.05) is 32.0 Å². The molecule has 0 unspecified atom stereocenters. The molecule has 0 aliphatic heterocycles. The molecule has 2 aromatic rings. The lowest BCUT2D eigenvalue weighted by molar-refractivity contribution is 0.353. The summed E-state index contributed by atoms with van der Waals surface area (Å²) in [5.41, 5.74) is 2.56. The van der Waals surface area contributed by atoms with Crippen molar-refractivity contribution in [3.8, 4) is 11.5 Å². The van der Waals surface area contributed by atoms with E-state index < -0.39 is 10.0 Å². The Labute approximate surface area is 157 Å². The lowest BCUT2D eigenvalue weighted by Gasteiger charge is -2.17. The highest BCUT2D eigenvalue weighted by Gasteiger charge is 2.23. The minimum Gasteiger partial charge on any atom is -0.493 e. The summed E-state index contributed by atoms with van der Waals surface area (Å²) in [6.07, 6.45) is 1.47. The van der Waals surface area contributed by atoms with Crippen LogP contribution in [0.5, 0.6) is 11.5 Å². The van der Waals surface area contributed by atoms with Gasteiger partial charge in [0.15, 0.2) is 11.5 Å². The Hall–Kier alpha value is -1.73. The van der Waals surface area contributed by atoms with Crippen LogP contribution in [-0.4, -0.2) is 22.6 Å². The summed E-state index contributed by atoms with van der Waals surface area (Å²) < 4.78 is 39.6. The number of sulfonamides is 1. The molecule has 2 rings (SSSR count). The second kappa shape index (κ2) is 8.10. The number of hydrogen-bond donors (Lipinski definition) is 1. The second-order valence-corrected chi connectivity index (χ2v) is 7.91. The van der Waals surface area contributed by atoms with E-state index in [1.807, 2.05) is 32.0 Å². The van der Waals surface area contributed by atoms with Crippen LogP contribution in [0.15, 0.2) is 39.7 Å². The van der Waals surface area contributed by atoms with Crippen molar-refractivity contribution in [2.24, 2.45) is 0 Å². The van der Waals surface area contributed by atoms with E-state index >= 15 is 0 Å². The van der Waals surface area contributed by atoms with Crippen LogP contribution >= 0.6 is 15.9 Å². The van der Waals surface area contributed by atoms with Gasteiger partial charge < -0.3 is 9.47 Å². The summed E-state index contributed by atoms with van der Waals surface area (Å²) in [5.74, 6) is 0.807. The van der Waals surface area contributed by atoms with Crippen molar-refractivity contribution in [3.63, 3.8) is 0 Å². The molecule has 7 heteroatoms. The number of hydrogen-bond acceptors (Lipinski definition) is 4. The molecule has 5 nitrogen and oxygen atoms in total. The Morgan fingerprint density at radius 3 is 2.00 bits per heavy atom. The fourth-order valence-corrected chi connectivity index (χ4v) is 4.78. The minimum absolute atomic E-state index is 0.0955. The van der Waals surface area contributed by atoms with E-state index in [0.29, 0.717) is 21.7 Å². The molecular weight excluding hydrogens is 406 g/mol. The van der Waals surface area contributed by atoms with Crippen molar-refractivity contribution in [2.75, 3.05) is 18.9 Å². The number of nitrogens with one attached hydrogen (secondary N) is 1. The summed E-state index contributed by atoms with van der Waals surface area (Å²) in [7, 11) is -0.828. The zero-order chi connectivity index (χ0) is 18.6. The molecule has 0 spiro atoms. The Kier molecular flexibility index (Phi) is 6.35. The quantitative estimate of drug-likeness (QED) is 0.711. The maximum atomic E-state index is 13.0. The van der Waals surface area contributed by atoms with Gasteiger partial charge in [-0.25, -0.2) is 8.42 Å². The van der Waals surface area contributed by atoms with Gasteiger partial charge in [-0.15, -0.1) is 0 Å². The summed E-state index contributed by atoms with van der Waals surface area (Å²) >= 11 is 3.32. The molecule has 0 aliphatic rings. The van der Waals surface area contributed by atoms with Crippen molar-refractivity contribution in [2.45, 2.75) is 31.6 Å². The minimum atomic E-state index is -3.80. The molecule has 0 aromatic heterocycles. The lowest BCUT2D eigenvalue weighted by Crippen LogP contribution is -2.16. The van der Waals surface area contributed by atoms with Crippen molar-refractivity contribution in [1.29, 1.82) is 0 Å². The fourth-order valence-electron chi connectivity index (χ4n) is 2.60. The van der Waals surface area contributed by atoms with Crippen molar-refractivity contribution < 1.29 is 17.9 Å². The van der Waals surface area contributed by atoms with Crippen molar-refractivity contribution in [1.82, 2.24) is 0 Å². The first-order valence-electron chi connectivity index (χ1n) is 7.93.